The molecule has 5 rings (SSSR count). The second kappa shape index (κ2) is 11.4. The van der Waals surface area contributed by atoms with Crippen molar-refractivity contribution >= 4 is 28.8 Å². The van der Waals surface area contributed by atoms with Crippen LogP contribution in [0.5, 0.6) is 0 Å². The fraction of sp³-hybridized carbons (Fsp3) is 0.567. The topological polar surface area (TPSA) is 127 Å². The standard InChI is InChI=1S/C30H39N5O6/c1-5-8-11-17-40-28(39)24-23-26(37)35(20(7-3)18-36)25(30(23)15-14-29(24,4)41-30)27(38)33(16-6-2)19-34-22-13-10-9-12-21(22)31-32-34/h5-6,9-10,12-13,20,23-25,36H,1-2,7-8,11,14-19H2,3-4H3/t20-,23-,24-,25?,29+,30?/m0/s1. The van der Waals surface area contributed by atoms with E-state index in [4.69, 9.17) is 9.47 Å². The Bertz CT molecular complexity index is 1340. The molecular weight excluding hydrogens is 526 g/mol. The molecule has 11 nitrogen and oxygen atoms in total. The SMILES string of the molecule is C=CCCCOC(=O)[C@@H]1[C@H]2C(=O)N([C@@H](CC)CO)C(C(=O)N(CC=C)Cn3nnc4ccccc43)C23CC[C@@]1(C)O3. The lowest BCUT2D eigenvalue weighted by atomic mass is 9.66. The van der Waals surface area contributed by atoms with Crippen LogP contribution < -0.4 is 0 Å². The van der Waals surface area contributed by atoms with Crippen LogP contribution in [-0.4, -0.2) is 90.7 Å². The molecule has 0 saturated carbocycles. The smallest absolute Gasteiger partial charge is 0.312 e. The van der Waals surface area contributed by atoms with Gasteiger partial charge in [-0.15, -0.1) is 18.3 Å². The van der Waals surface area contributed by atoms with Crippen LogP contribution in [0.4, 0.5) is 0 Å². The fourth-order valence-corrected chi connectivity index (χ4v) is 7.03. The average molecular weight is 566 g/mol. The number of nitrogens with zero attached hydrogens (tertiary/aromatic N) is 5. The van der Waals surface area contributed by atoms with E-state index in [1.807, 2.05) is 38.1 Å². The maximum absolute atomic E-state index is 14.6. The first kappa shape index (κ1) is 28.9. The maximum atomic E-state index is 14.6. The molecule has 4 heterocycles. The van der Waals surface area contributed by atoms with Crippen molar-refractivity contribution < 1.29 is 29.0 Å². The third-order valence-corrected chi connectivity index (χ3v) is 8.96. The summed E-state index contributed by atoms with van der Waals surface area (Å²) >= 11 is 0. The highest BCUT2D eigenvalue weighted by molar-refractivity contribution is 5.98. The summed E-state index contributed by atoms with van der Waals surface area (Å²) in [5, 5.41) is 18.7. The molecule has 220 valence electrons. The Hall–Kier alpha value is -3.57. The summed E-state index contributed by atoms with van der Waals surface area (Å²) in [7, 11) is 0. The number of carbonyl (C=O) groups is 3. The summed E-state index contributed by atoms with van der Waals surface area (Å²) in [6, 6.07) is 5.80. The predicted molar refractivity (Wildman–Crippen MR) is 150 cm³/mol. The van der Waals surface area contributed by atoms with Gasteiger partial charge in [0.1, 0.15) is 29.7 Å². The molecule has 1 spiro atoms. The van der Waals surface area contributed by atoms with E-state index < -0.39 is 41.1 Å². The Kier molecular flexibility index (Phi) is 8.02. The van der Waals surface area contributed by atoms with Gasteiger partial charge in [-0.3, -0.25) is 14.4 Å². The highest BCUT2D eigenvalue weighted by Gasteiger charge is 2.79. The molecule has 2 unspecified atom stereocenters. The van der Waals surface area contributed by atoms with Crippen LogP contribution >= 0.6 is 0 Å². The van der Waals surface area contributed by atoms with Gasteiger partial charge in [0.15, 0.2) is 0 Å². The Morgan fingerprint density at radius 3 is 2.78 bits per heavy atom. The number of hydrogen-bond acceptors (Lipinski definition) is 8. The zero-order chi connectivity index (χ0) is 29.4. The van der Waals surface area contributed by atoms with Crippen molar-refractivity contribution in [3.05, 3.63) is 49.6 Å². The predicted octanol–water partition coefficient (Wildman–Crippen LogP) is 2.45. The Balaban J connectivity index is 1.52. The number of carbonyl (C=O) groups excluding carboxylic acids is 3. The molecule has 41 heavy (non-hydrogen) atoms. The summed E-state index contributed by atoms with van der Waals surface area (Å²) in [6.07, 6.45) is 6.08. The van der Waals surface area contributed by atoms with Crippen molar-refractivity contribution in [3.63, 3.8) is 0 Å². The van der Waals surface area contributed by atoms with Crippen molar-refractivity contribution in [1.82, 2.24) is 24.8 Å². The molecule has 11 heteroatoms. The minimum atomic E-state index is -1.22. The number of aromatic nitrogens is 3. The number of fused-ring (bicyclic) bond motifs is 2. The zero-order valence-corrected chi connectivity index (χ0v) is 23.8. The summed E-state index contributed by atoms with van der Waals surface area (Å²) in [4.78, 5) is 45.3. The molecule has 2 bridgehead atoms. The lowest BCUT2D eigenvalue weighted by molar-refractivity contribution is -0.162. The Labute approximate surface area is 239 Å². The molecule has 3 fully saturated rings. The molecule has 1 aromatic carbocycles. The minimum Gasteiger partial charge on any atom is -0.465 e. The van der Waals surface area contributed by atoms with E-state index in [0.29, 0.717) is 37.6 Å². The first-order valence-electron chi connectivity index (χ1n) is 14.3. The molecule has 1 aromatic heterocycles. The van der Waals surface area contributed by atoms with E-state index in [0.717, 1.165) is 5.52 Å². The molecule has 3 aliphatic rings. The normalized spacial score (nSPS) is 29.0. The molecule has 3 aliphatic heterocycles. The third-order valence-electron chi connectivity index (χ3n) is 8.96. The number of rotatable bonds is 13. The molecule has 6 atom stereocenters. The molecular formula is C30H39N5O6. The van der Waals surface area contributed by atoms with Crippen molar-refractivity contribution in [3.8, 4) is 0 Å². The summed E-state index contributed by atoms with van der Waals surface area (Å²) in [5.41, 5.74) is -0.704. The van der Waals surface area contributed by atoms with Crippen LogP contribution in [0.15, 0.2) is 49.6 Å². The fourth-order valence-electron chi connectivity index (χ4n) is 7.03. The lowest BCUT2D eigenvalue weighted by Gasteiger charge is -2.39. The molecule has 0 aliphatic carbocycles. The molecule has 2 amide bonds. The van der Waals surface area contributed by atoms with Gasteiger partial charge in [0.2, 0.25) is 11.8 Å². The number of allylic oxidation sites excluding steroid dienone is 1. The summed E-state index contributed by atoms with van der Waals surface area (Å²) in [5.74, 6) is -2.93. The second-order valence-electron chi connectivity index (χ2n) is 11.4. The van der Waals surface area contributed by atoms with Gasteiger partial charge < -0.3 is 24.4 Å². The molecule has 1 N–H and O–H groups in total. The third kappa shape index (κ3) is 4.64. The van der Waals surface area contributed by atoms with Crippen molar-refractivity contribution in [2.45, 2.75) is 75.9 Å². The first-order valence-corrected chi connectivity index (χ1v) is 14.3. The molecule has 0 radical (unpaired) electrons. The lowest BCUT2D eigenvalue weighted by Crippen LogP contribution is -2.59. The van der Waals surface area contributed by atoms with Crippen LogP contribution in [-0.2, 0) is 30.5 Å². The number of amides is 2. The number of aliphatic hydroxyl groups is 1. The number of benzene rings is 1. The minimum absolute atomic E-state index is 0.0760. The van der Waals surface area contributed by atoms with Gasteiger partial charge >= 0.3 is 5.97 Å². The first-order chi connectivity index (χ1) is 19.8. The van der Waals surface area contributed by atoms with E-state index in [9.17, 15) is 19.5 Å². The molecule has 2 aromatic rings. The molecule has 3 saturated heterocycles. The van der Waals surface area contributed by atoms with Gasteiger partial charge in [0.05, 0.1) is 36.3 Å². The van der Waals surface area contributed by atoms with E-state index in [1.165, 1.54) is 4.90 Å². The summed E-state index contributed by atoms with van der Waals surface area (Å²) in [6.45, 7) is 11.4. The van der Waals surface area contributed by atoms with Crippen molar-refractivity contribution in [2.24, 2.45) is 11.8 Å². The Morgan fingerprint density at radius 1 is 1.29 bits per heavy atom. The van der Waals surface area contributed by atoms with Gasteiger partial charge in [-0.1, -0.05) is 36.4 Å². The van der Waals surface area contributed by atoms with Crippen LogP contribution in [0, 0.1) is 11.8 Å². The summed E-state index contributed by atoms with van der Waals surface area (Å²) < 4.78 is 13.9. The van der Waals surface area contributed by atoms with Crippen LogP contribution in [0.2, 0.25) is 0 Å². The number of aliphatic hydroxyl groups excluding tert-OH is 1. The monoisotopic (exact) mass is 565 g/mol. The largest absolute Gasteiger partial charge is 0.465 e. The number of ether oxygens (including phenoxy) is 2. The van der Waals surface area contributed by atoms with Crippen LogP contribution in [0.1, 0.15) is 46.0 Å². The van der Waals surface area contributed by atoms with Gasteiger partial charge in [-0.05, 0) is 51.2 Å². The van der Waals surface area contributed by atoms with Gasteiger partial charge in [-0.2, -0.15) is 0 Å². The number of para-hydroxylation sites is 1. The highest BCUT2D eigenvalue weighted by Crippen LogP contribution is 2.63. The number of unbranched alkanes of at least 4 members (excludes halogenated alkanes) is 1. The van der Waals surface area contributed by atoms with E-state index in [2.05, 4.69) is 23.5 Å². The number of hydrogen-bond donors (Lipinski definition) is 1. The van der Waals surface area contributed by atoms with Crippen LogP contribution in [0.25, 0.3) is 11.0 Å². The van der Waals surface area contributed by atoms with Crippen molar-refractivity contribution in [1.29, 1.82) is 0 Å². The Morgan fingerprint density at radius 2 is 2.07 bits per heavy atom. The maximum Gasteiger partial charge on any atom is 0.312 e. The van der Waals surface area contributed by atoms with Gasteiger partial charge in [0.25, 0.3) is 0 Å². The zero-order valence-electron chi connectivity index (χ0n) is 23.8. The van der Waals surface area contributed by atoms with Gasteiger partial charge in [0, 0.05) is 6.54 Å². The van der Waals surface area contributed by atoms with Gasteiger partial charge in [-0.25, -0.2) is 4.68 Å². The van der Waals surface area contributed by atoms with E-state index >= 15 is 0 Å². The number of esters is 1. The second-order valence-corrected chi connectivity index (χ2v) is 11.4. The highest BCUT2D eigenvalue weighted by atomic mass is 16.6. The quantitative estimate of drug-likeness (QED) is 0.223. The van der Waals surface area contributed by atoms with Crippen LogP contribution in [0.3, 0.4) is 0 Å². The average Bonchev–Trinajstić information content (AvgIpc) is 3.67. The van der Waals surface area contributed by atoms with Crippen molar-refractivity contribution in [2.75, 3.05) is 19.8 Å². The van der Waals surface area contributed by atoms with E-state index in [-0.39, 0.29) is 38.2 Å². The number of likely N-dealkylation sites (tertiary alicyclic amines) is 1. The van der Waals surface area contributed by atoms with E-state index in [1.54, 1.807) is 21.7 Å².